The summed E-state index contributed by atoms with van der Waals surface area (Å²) in [7, 11) is 0. The van der Waals surface area contributed by atoms with Crippen LogP contribution >= 0.6 is 11.6 Å². The van der Waals surface area contributed by atoms with Gasteiger partial charge in [-0.2, -0.15) is 0 Å². The van der Waals surface area contributed by atoms with Crippen molar-refractivity contribution in [3.05, 3.63) is 99.8 Å². The first-order valence-electron chi connectivity index (χ1n) is 9.66. The summed E-state index contributed by atoms with van der Waals surface area (Å²) in [6, 6.07) is 19.8. The zero-order valence-electron chi connectivity index (χ0n) is 16.8. The molecule has 0 aliphatic carbocycles. The highest BCUT2D eigenvalue weighted by molar-refractivity contribution is 6.30. The number of hydrogen-bond donors (Lipinski definition) is 0. The van der Waals surface area contributed by atoms with Gasteiger partial charge in [-0.15, -0.1) is 0 Å². The second kappa shape index (κ2) is 9.06. The minimum absolute atomic E-state index is 0.182. The predicted molar refractivity (Wildman–Crippen MR) is 117 cm³/mol. The SMILES string of the molecule is Cc1cc(OCC(=O)OCc2ccccc2)cc2c1C(=O)/C(=C/c1cccc(Cl)c1)O2. The molecule has 1 aliphatic heterocycles. The Morgan fingerprint density at radius 1 is 1.06 bits per heavy atom. The van der Waals surface area contributed by atoms with Crippen molar-refractivity contribution in [2.75, 3.05) is 6.61 Å². The molecule has 3 aromatic rings. The minimum atomic E-state index is -0.486. The van der Waals surface area contributed by atoms with Crippen molar-refractivity contribution in [2.24, 2.45) is 0 Å². The molecule has 6 heteroatoms. The minimum Gasteiger partial charge on any atom is -0.482 e. The van der Waals surface area contributed by atoms with Gasteiger partial charge in [-0.05, 0) is 47.9 Å². The Kier molecular flexibility index (Phi) is 6.05. The van der Waals surface area contributed by atoms with Crippen LogP contribution in [0.4, 0.5) is 0 Å². The van der Waals surface area contributed by atoms with E-state index >= 15 is 0 Å². The second-order valence-corrected chi connectivity index (χ2v) is 7.48. The number of aryl methyl sites for hydroxylation is 1. The number of allylic oxidation sites excluding steroid dienone is 1. The number of esters is 1. The van der Waals surface area contributed by atoms with Crippen molar-refractivity contribution >= 4 is 29.4 Å². The van der Waals surface area contributed by atoms with Crippen LogP contribution in [0.25, 0.3) is 6.08 Å². The number of ether oxygens (including phenoxy) is 3. The van der Waals surface area contributed by atoms with Crippen LogP contribution in [0.3, 0.4) is 0 Å². The molecule has 0 fully saturated rings. The van der Waals surface area contributed by atoms with E-state index in [4.69, 9.17) is 25.8 Å². The molecule has 0 unspecified atom stereocenters. The van der Waals surface area contributed by atoms with Crippen molar-refractivity contribution < 1.29 is 23.8 Å². The molecule has 1 heterocycles. The molecule has 0 amide bonds. The summed E-state index contributed by atoms with van der Waals surface area (Å²) in [5.74, 6) is 0.331. The molecule has 0 atom stereocenters. The number of rotatable bonds is 6. The van der Waals surface area contributed by atoms with Gasteiger partial charge in [0.15, 0.2) is 12.4 Å². The van der Waals surface area contributed by atoms with Crippen LogP contribution in [0.2, 0.25) is 5.02 Å². The third-order valence-corrected chi connectivity index (χ3v) is 4.92. The molecule has 0 radical (unpaired) electrons. The van der Waals surface area contributed by atoms with Crippen LogP contribution in [0.1, 0.15) is 27.0 Å². The lowest BCUT2D eigenvalue weighted by atomic mass is 10.0. The van der Waals surface area contributed by atoms with Gasteiger partial charge in [-0.25, -0.2) is 4.79 Å². The summed E-state index contributed by atoms with van der Waals surface area (Å²) in [5, 5.41) is 0.573. The fourth-order valence-electron chi connectivity index (χ4n) is 3.23. The van der Waals surface area contributed by atoms with E-state index in [1.165, 1.54) is 0 Å². The number of Topliss-reactive ketones (excluding diaryl/α,β-unsaturated/α-hetero) is 1. The molecule has 1 aliphatic rings. The maximum atomic E-state index is 12.8. The topological polar surface area (TPSA) is 61.8 Å². The van der Waals surface area contributed by atoms with Crippen LogP contribution in [0.15, 0.2) is 72.5 Å². The summed E-state index contributed by atoms with van der Waals surface area (Å²) in [6.07, 6.45) is 1.65. The lowest BCUT2D eigenvalue weighted by Gasteiger charge is -2.09. The molecule has 0 spiro atoms. The zero-order chi connectivity index (χ0) is 21.8. The smallest absolute Gasteiger partial charge is 0.344 e. The van der Waals surface area contributed by atoms with Gasteiger partial charge in [0.2, 0.25) is 5.78 Å². The summed E-state index contributed by atoms with van der Waals surface area (Å²) in [5.41, 5.74) is 2.84. The third kappa shape index (κ3) is 4.95. The largest absolute Gasteiger partial charge is 0.482 e. The third-order valence-electron chi connectivity index (χ3n) is 4.69. The fourth-order valence-corrected chi connectivity index (χ4v) is 3.43. The molecular formula is C25H19ClO5. The van der Waals surface area contributed by atoms with Crippen molar-refractivity contribution in [3.8, 4) is 11.5 Å². The van der Waals surface area contributed by atoms with Crippen molar-refractivity contribution in [3.63, 3.8) is 0 Å². The van der Waals surface area contributed by atoms with Gasteiger partial charge < -0.3 is 14.2 Å². The second-order valence-electron chi connectivity index (χ2n) is 7.04. The van der Waals surface area contributed by atoms with E-state index in [0.717, 1.165) is 11.1 Å². The maximum Gasteiger partial charge on any atom is 0.344 e. The summed E-state index contributed by atoms with van der Waals surface area (Å²) in [6.45, 7) is 1.73. The highest BCUT2D eigenvalue weighted by Gasteiger charge is 2.30. The number of benzene rings is 3. The molecule has 0 saturated carbocycles. The quantitative estimate of drug-likeness (QED) is 0.384. The van der Waals surface area contributed by atoms with E-state index in [1.807, 2.05) is 36.4 Å². The Morgan fingerprint density at radius 2 is 1.87 bits per heavy atom. The molecule has 0 N–H and O–H groups in total. The zero-order valence-corrected chi connectivity index (χ0v) is 17.5. The van der Waals surface area contributed by atoms with Crippen LogP contribution in [0.5, 0.6) is 11.5 Å². The van der Waals surface area contributed by atoms with E-state index in [0.29, 0.717) is 27.6 Å². The summed E-state index contributed by atoms with van der Waals surface area (Å²) in [4.78, 5) is 24.8. The Balaban J connectivity index is 1.42. The molecule has 0 saturated heterocycles. The Bertz CT molecular complexity index is 1170. The van der Waals surface area contributed by atoms with Gasteiger partial charge in [-0.3, -0.25) is 4.79 Å². The highest BCUT2D eigenvalue weighted by Crippen LogP contribution is 2.37. The molecule has 4 rings (SSSR count). The first-order chi connectivity index (χ1) is 15.0. The van der Waals surface area contributed by atoms with Crippen molar-refractivity contribution in [1.82, 2.24) is 0 Å². The molecule has 156 valence electrons. The van der Waals surface area contributed by atoms with E-state index in [-0.39, 0.29) is 24.8 Å². The van der Waals surface area contributed by atoms with Gasteiger partial charge in [0, 0.05) is 11.1 Å². The summed E-state index contributed by atoms with van der Waals surface area (Å²) >= 11 is 6.01. The van der Waals surface area contributed by atoms with Gasteiger partial charge >= 0.3 is 5.97 Å². The van der Waals surface area contributed by atoms with Gasteiger partial charge in [0.1, 0.15) is 18.1 Å². The number of halogens is 1. The number of carbonyl (C=O) groups is 2. The first kappa shape index (κ1) is 20.7. The van der Waals surface area contributed by atoms with E-state index < -0.39 is 5.97 Å². The van der Waals surface area contributed by atoms with Crippen LogP contribution in [0, 0.1) is 6.92 Å². The molecule has 0 aromatic heterocycles. The van der Waals surface area contributed by atoms with E-state index in [1.54, 1.807) is 43.3 Å². The lowest BCUT2D eigenvalue weighted by molar-refractivity contribution is -0.147. The van der Waals surface area contributed by atoms with E-state index in [2.05, 4.69) is 0 Å². The van der Waals surface area contributed by atoms with Gasteiger partial charge in [0.25, 0.3) is 0 Å². The average molecular weight is 435 g/mol. The molecule has 5 nitrogen and oxygen atoms in total. The maximum absolute atomic E-state index is 12.8. The molecular weight excluding hydrogens is 416 g/mol. The molecule has 31 heavy (non-hydrogen) atoms. The normalized spacial score (nSPS) is 13.6. The van der Waals surface area contributed by atoms with Crippen LogP contribution < -0.4 is 9.47 Å². The van der Waals surface area contributed by atoms with Crippen molar-refractivity contribution in [2.45, 2.75) is 13.5 Å². The first-order valence-corrected chi connectivity index (χ1v) is 10.0. The average Bonchev–Trinajstić information content (AvgIpc) is 3.07. The number of carbonyl (C=O) groups excluding carboxylic acids is 2. The van der Waals surface area contributed by atoms with Gasteiger partial charge in [-0.1, -0.05) is 54.1 Å². The highest BCUT2D eigenvalue weighted by atomic mass is 35.5. The fraction of sp³-hybridized carbons (Fsp3) is 0.120. The lowest BCUT2D eigenvalue weighted by Crippen LogP contribution is -2.14. The standard InChI is InChI=1S/C25H19ClO5/c1-16-10-20(29-15-23(27)30-14-17-6-3-2-4-7-17)13-21-24(16)25(28)22(31-21)12-18-8-5-9-19(26)11-18/h2-13H,14-15H2,1H3/b22-12-. The predicted octanol–water partition coefficient (Wildman–Crippen LogP) is 5.39. The van der Waals surface area contributed by atoms with Crippen LogP contribution in [-0.4, -0.2) is 18.4 Å². The Hall–Kier alpha value is -3.57. The Morgan fingerprint density at radius 3 is 2.65 bits per heavy atom. The number of fused-ring (bicyclic) bond motifs is 1. The van der Waals surface area contributed by atoms with Crippen LogP contribution in [-0.2, 0) is 16.1 Å². The number of hydrogen-bond acceptors (Lipinski definition) is 5. The monoisotopic (exact) mass is 434 g/mol. The Labute approximate surface area is 184 Å². The van der Waals surface area contributed by atoms with Crippen molar-refractivity contribution in [1.29, 1.82) is 0 Å². The molecule has 3 aromatic carbocycles. The van der Waals surface area contributed by atoms with Gasteiger partial charge in [0.05, 0.1) is 5.56 Å². The molecule has 0 bridgehead atoms. The number of ketones is 1. The summed E-state index contributed by atoms with van der Waals surface area (Å²) < 4.78 is 16.5. The van der Waals surface area contributed by atoms with E-state index in [9.17, 15) is 9.59 Å².